The Hall–Kier alpha value is -2.04. The highest BCUT2D eigenvalue weighted by atomic mass is 16.4. The molecule has 2 aromatic rings. The van der Waals surface area contributed by atoms with Gasteiger partial charge in [-0.2, -0.15) is 0 Å². The van der Waals surface area contributed by atoms with Crippen LogP contribution in [0.4, 0.5) is 5.69 Å². The molecule has 0 saturated heterocycles. The van der Waals surface area contributed by atoms with E-state index in [4.69, 9.17) is 10.2 Å². The molecule has 14 heavy (non-hydrogen) atoms. The number of nitrogens with one attached hydrogen (secondary N) is 1. The largest absolute Gasteiger partial charge is 0.417 e. The number of nitrogen functional groups attached to an aromatic ring is 1. The third-order valence-electron chi connectivity index (χ3n) is 1.92. The molecule has 72 valence electrons. The lowest BCUT2D eigenvalue weighted by Gasteiger charge is -1.98. The summed E-state index contributed by atoms with van der Waals surface area (Å²) in [5, 5.41) is 0. The fourth-order valence-electron chi connectivity index (χ4n) is 1.34. The molecule has 0 spiro atoms. The maximum atomic E-state index is 11.2. The summed E-state index contributed by atoms with van der Waals surface area (Å²) in [6.45, 7) is 1.39. The maximum absolute atomic E-state index is 11.2. The third kappa shape index (κ3) is 1.19. The van der Waals surface area contributed by atoms with E-state index in [9.17, 15) is 9.59 Å². The number of carbonyl (C=O) groups is 1. The summed E-state index contributed by atoms with van der Waals surface area (Å²) < 4.78 is 4.83. The molecule has 5 nitrogen and oxygen atoms in total. The highest BCUT2D eigenvalue weighted by Crippen LogP contribution is 2.20. The Morgan fingerprint density at radius 2 is 2.21 bits per heavy atom. The number of H-pyrrole nitrogens is 1. The fourth-order valence-corrected chi connectivity index (χ4v) is 1.34. The molecule has 0 radical (unpaired) electrons. The van der Waals surface area contributed by atoms with Crippen molar-refractivity contribution in [1.82, 2.24) is 4.98 Å². The van der Waals surface area contributed by atoms with Crippen LogP contribution in [0.1, 0.15) is 17.3 Å². The zero-order valence-electron chi connectivity index (χ0n) is 7.46. The summed E-state index contributed by atoms with van der Waals surface area (Å²) in [6.07, 6.45) is 0. The first-order chi connectivity index (χ1) is 6.58. The smallest absolute Gasteiger partial charge is 0.407 e. The van der Waals surface area contributed by atoms with Crippen molar-refractivity contribution in [2.75, 3.05) is 5.73 Å². The number of anilines is 1. The van der Waals surface area contributed by atoms with E-state index < -0.39 is 5.76 Å². The molecule has 0 aliphatic heterocycles. The number of aromatic amines is 1. The minimum Gasteiger partial charge on any atom is -0.407 e. The Bertz CT molecular complexity index is 565. The normalized spacial score (nSPS) is 10.6. The van der Waals surface area contributed by atoms with E-state index in [1.165, 1.54) is 13.0 Å². The Balaban J connectivity index is 2.92. The molecule has 0 bridgehead atoms. The van der Waals surface area contributed by atoms with Gasteiger partial charge in [-0.3, -0.25) is 9.78 Å². The summed E-state index contributed by atoms with van der Waals surface area (Å²) in [4.78, 5) is 24.5. The van der Waals surface area contributed by atoms with E-state index in [-0.39, 0.29) is 11.4 Å². The van der Waals surface area contributed by atoms with E-state index in [2.05, 4.69) is 4.98 Å². The Labute approximate surface area is 78.5 Å². The average Bonchev–Trinajstić information content (AvgIpc) is 2.42. The van der Waals surface area contributed by atoms with Crippen LogP contribution in [0.2, 0.25) is 0 Å². The molecule has 3 N–H and O–H groups in total. The maximum Gasteiger partial charge on any atom is 0.417 e. The minimum atomic E-state index is -0.590. The number of benzene rings is 1. The van der Waals surface area contributed by atoms with Crippen LogP contribution in [-0.4, -0.2) is 10.8 Å². The Morgan fingerprint density at radius 1 is 1.50 bits per heavy atom. The van der Waals surface area contributed by atoms with Crippen molar-refractivity contribution in [1.29, 1.82) is 0 Å². The van der Waals surface area contributed by atoms with Crippen LogP contribution < -0.4 is 11.5 Å². The number of hydrogen-bond acceptors (Lipinski definition) is 4. The van der Waals surface area contributed by atoms with Crippen molar-refractivity contribution >= 4 is 22.6 Å². The molecule has 0 unspecified atom stereocenters. The summed E-state index contributed by atoms with van der Waals surface area (Å²) in [7, 11) is 0. The molecule has 0 amide bonds. The fraction of sp³-hybridized carbons (Fsp3) is 0.111. The molecule has 1 aromatic heterocycles. The standard InChI is InChI=1S/C9H8N2O3/c1-4(12)6-2-5(10)3-7-8(6)14-9(13)11-7/h2-3H,10H2,1H3,(H,11,13). The first kappa shape index (κ1) is 8.55. The molecular formula is C9H8N2O3. The number of aromatic nitrogens is 1. The van der Waals surface area contributed by atoms with Crippen molar-refractivity contribution in [2.24, 2.45) is 0 Å². The summed E-state index contributed by atoms with van der Waals surface area (Å²) in [5.41, 5.74) is 7.00. The van der Waals surface area contributed by atoms with Gasteiger partial charge >= 0.3 is 5.76 Å². The molecule has 5 heteroatoms. The predicted molar refractivity (Wildman–Crippen MR) is 51.3 cm³/mol. The molecule has 0 saturated carbocycles. The predicted octanol–water partition coefficient (Wildman–Crippen LogP) is 0.906. The molecule has 2 rings (SSSR count). The zero-order valence-corrected chi connectivity index (χ0v) is 7.46. The number of nitrogens with two attached hydrogens (primary N) is 1. The minimum absolute atomic E-state index is 0.190. The van der Waals surface area contributed by atoms with Gasteiger partial charge < -0.3 is 10.2 Å². The molecule has 0 aliphatic carbocycles. The van der Waals surface area contributed by atoms with Crippen molar-refractivity contribution in [3.05, 3.63) is 28.2 Å². The van der Waals surface area contributed by atoms with Crippen molar-refractivity contribution in [3.8, 4) is 0 Å². The number of Topliss-reactive ketones (excluding diaryl/α,β-unsaturated/α-hetero) is 1. The van der Waals surface area contributed by atoms with Gasteiger partial charge in [-0.25, -0.2) is 4.79 Å². The monoisotopic (exact) mass is 192 g/mol. The lowest BCUT2D eigenvalue weighted by atomic mass is 10.1. The number of carbonyl (C=O) groups excluding carboxylic acids is 1. The van der Waals surface area contributed by atoms with E-state index in [0.29, 0.717) is 16.8 Å². The van der Waals surface area contributed by atoms with Crippen LogP contribution in [0, 0.1) is 0 Å². The van der Waals surface area contributed by atoms with Crippen LogP contribution in [0.15, 0.2) is 21.3 Å². The summed E-state index contributed by atoms with van der Waals surface area (Å²) in [5.74, 6) is -0.779. The van der Waals surface area contributed by atoms with Crippen LogP contribution >= 0.6 is 0 Å². The van der Waals surface area contributed by atoms with Gasteiger partial charge in [0.2, 0.25) is 0 Å². The van der Waals surface area contributed by atoms with Gasteiger partial charge in [0.25, 0.3) is 0 Å². The molecule has 0 atom stereocenters. The molecule has 1 heterocycles. The van der Waals surface area contributed by atoms with E-state index in [1.54, 1.807) is 6.07 Å². The Morgan fingerprint density at radius 3 is 2.86 bits per heavy atom. The molecule has 0 fully saturated rings. The second-order valence-corrected chi connectivity index (χ2v) is 3.02. The lowest BCUT2D eigenvalue weighted by molar-refractivity contribution is 0.101. The van der Waals surface area contributed by atoms with Crippen molar-refractivity contribution < 1.29 is 9.21 Å². The number of oxazole rings is 1. The highest BCUT2D eigenvalue weighted by Gasteiger charge is 2.11. The second kappa shape index (κ2) is 2.73. The topological polar surface area (TPSA) is 89.1 Å². The van der Waals surface area contributed by atoms with E-state index in [0.717, 1.165) is 0 Å². The van der Waals surface area contributed by atoms with Gasteiger partial charge in [0.15, 0.2) is 11.4 Å². The SMILES string of the molecule is CC(=O)c1cc(N)cc2[nH]c(=O)oc12. The van der Waals surface area contributed by atoms with Crippen LogP contribution in [-0.2, 0) is 0 Å². The molecular weight excluding hydrogens is 184 g/mol. The van der Waals surface area contributed by atoms with Gasteiger partial charge in [-0.1, -0.05) is 0 Å². The van der Waals surface area contributed by atoms with Gasteiger partial charge in [0, 0.05) is 5.69 Å². The number of hydrogen-bond donors (Lipinski definition) is 2. The lowest BCUT2D eigenvalue weighted by Crippen LogP contribution is -1.95. The number of ketones is 1. The van der Waals surface area contributed by atoms with Gasteiger partial charge in [0.05, 0.1) is 11.1 Å². The number of fused-ring (bicyclic) bond motifs is 1. The van der Waals surface area contributed by atoms with Crippen molar-refractivity contribution in [2.45, 2.75) is 6.92 Å². The number of rotatable bonds is 1. The summed E-state index contributed by atoms with van der Waals surface area (Å²) in [6, 6.07) is 3.04. The van der Waals surface area contributed by atoms with Gasteiger partial charge in [-0.15, -0.1) is 0 Å². The Kier molecular flexibility index (Phi) is 1.67. The van der Waals surface area contributed by atoms with Crippen LogP contribution in [0.3, 0.4) is 0 Å². The first-order valence-corrected chi connectivity index (χ1v) is 4.01. The van der Waals surface area contributed by atoms with E-state index >= 15 is 0 Å². The highest BCUT2D eigenvalue weighted by molar-refractivity contribution is 6.05. The van der Waals surface area contributed by atoms with Gasteiger partial charge in [0.1, 0.15) is 0 Å². The molecule has 0 aliphatic rings. The van der Waals surface area contributed by atoms with Crippen LogP contribution in [0.25, 0.3) is 11.1 Å². The molecule has 1 aromatic carbocycles. The van der Waals surface area contributed by atoms with Crippen molar-refractivity contribution in [3.63, 3.8) is 0 Å². The van der Waals surface area contributed by atoms with Crippen LogP contribution in [0.5, 0.6) is 0 Å². The quantitative estimate of drug-likeness (QED) is 0.519. The second-order valence-electron chi connectivity index (χ2n) is 3.02. The van der Waals surface area contributed by atoms with Gasteiger partial charge in [-0.05, 0) is 19.1 Å². The zero-order chi connectivity index (χ0) is 10.3. The summed E-state index contributed by atoms with van der Waals surface area (Å²) >= 11 is 0. The first-order valence-electron chi connectivity index (χ1n) is 4.01. The average molecular weight is 192 g/mol. The van der Waals surface area contributed by atoms with E-state index in [1.807, 2.05) is 0 Å². The third-order valence-corrected chi connectivity index (χ3v) is 1.92.